The van der Waals surface area contributed by atoms with E-state index in [-0.39, 0.29) is 42.5 Å². The van der Waals surface area contributed by atoms with Gasteiger partial charge in [-0.1, -0.05) is 12.8 Å². The van der Waals surface area contributed by atoms with Crippen LogP contribution in [0, 0.1) is 0 Å². The van der Waals surface area contributed by atoms with E-state index in [1.54, 1.807) is 0 Å². The van der Waals surface area contributed by atoms with E-state index in [4.69, 9.17) is 4.74 Å². The number of hydrogen-bond acceptors (Lipinski definition) is 5. The third kappa shape index (κ3) is 7.36. The van der Waals surface area contributed by atoms with Crippen molar-refractivity contribution in [3.63, 3.8) is 0 Å². The lowest BCUT2D eigenvalue weighted by Crippen LogP contribution is -2.35. The molecule has 0 saturated carbocycles. The molecule has 0 bridgehead atoms. The van der Waals surface area contributed by atoms with E-state index in [2.05, 4.69) is 26.0 Å². The number of ether oxygens (including phenoxy) is 1. The molecule has 1 aliphatic heterocycles. The predicted octanol–water partition coefficient (Wildman–Crippen LogP) is 1.90. The monoisotopic (exact) mass is 489 g/mol. The summed E-state index contributed by atoms with van der Waals surface area (Å²) in [7, 11) is -2.27. The lowest BCUT2D eigenvalue weighted by molar-refractivity contribution is -0.131. The molecule has 1 saturated heterocycles. The van der Waals surface area contributed by atoms with Gasteiger partial charge < -0.3 is 15.0 Å². The molecule has 10 heteroatoms. The van der Waals surface area contributed by atoms with Gasteiger partial charge in [0.05, 0.1) is 17.1 Å². The van der Waals surface area contributed by atoms with Gasteiger partial charge in [-0.15, -0.1) is 0 Å². The molecule has 1 heterocycles. The fraction of sp³-hybridized carbons (Fsp3) is 0.579. The minimum Gasteiger partial charge on any atom is -0.383 e. The number of nitrogens with one attached hydrogen (secondary N) is 2. The lowest BCUT2D eigenvalue weighted by atomic mass is 10.2. The van der Waals surface area contributed by atoms with Crippen LogP contribution in [0.4, 0.5) is 0 Å². The second-order valence-electron chi connectivity index (χ2n) is 6.83. The fourth-order valence-corrected chi connectivity index (χ4v) is 4.53. The van der Waals surface area contributed by atoms with E-state index >= 15 is 0 Å². The Hall–Kier alpha value is -1.49. The van der Waals surface area contributed by atoms with Crippen LogP contribution in [0.1, 0.15) is 42.5 Å². The van der Waals surface area contributed by atoms with Crippen molar-refractivity contribution in [2.45, 2.75) is 37.0 Å². The molecule has 0 spiro atoms. The summed E-state index contributed by atoms with van der Waals surface area (Å²) in [6.45, 7) is 2.12. The number of benzene rings is 1. The molecule has 0 aliphatic carbocycles. The topological polar surface area (TPSA) is 105 Å². The molecule has 2 amide bonds. The standard InChI is InChI=1S/C19H28BrN3O5S/c1-28-13-10-22-29(26,27)15-6-7-17(20)16(14-15)19(25)21-9-8-18(24)23-11-4-2-3-5-12-23/h6-7,14,22H,2-5,8-13H2,1H3,(H,21,25). The smallest absolute Gasteiger partial charge is 0.252 e. The molecule has 29 heavy (non-hydrogen) atoms. The first-order valence-corrected chi connectivity index (χ1v) is 12.0. The highest BCUT2D eigenvalue weighted by atomic mass is 79.9. The first-order chi connectivity index (χ1) is 13.8. The molecular weight excluding hydrogens is 462 g/mol. The maximum atomic E-state index is 12.5. The second-order valence-corrected chi connectivity index (χ2v) is 9.45. The summed E-state index contributed by atoms with van der Waals surface area (Å²) < 4.78 is 32.4. The molecule has 0 atom stereocenters. The minimum absolute atomic E-state index is 0.0115. The number of sulfonamides is 1. The molecule has 0 radical (unpaired) electrons. The van der Waals surface area contributed by atoms with Crippen molar-refractivity contribution in [1.82, 2.24) is 14.9 Å². The zero-order valence-electron chi connectivity index (χ0n) is 16.6. The molecule has 162 valence electrons. The number of carbonyl (C=O) groups excluding carboxylic acids is 2. The van der Waals surface area contributed by atoms with Crippen LogP contribution in [0.5, 0.6) is 0 Å². The summed E-state index contributed by atoms with van der Waals surface area (Å²) in [5, 5.41) is 2.70. The number of likely N-dealkylation sites (tertiary alicyclic amines) is 1. The molecule has 2 rings (SSSR count). The van der Waals surface area contributed by atoms with Crippen LogP contribution in [0.2, 0.25) is 0 Å². The Morgan fingerprint density at radius 1 is 1.14 bits per heavy atom. The van der Waals surface area contributed by atoms with Crippen LogP contribution in [0.25, 0.3) is 0 Å². The molecule has 2 N–H and O–H groups in total. The van der Waals surface area contributed by atoms with Crippen LogP contribution in [-0.2, 0) is 19.6 Å². The zero-order chi connectivity index (χ0) is 21.3. The molecule has 1 aromatic rings. The number of rotatable bonds is 9. The number of hydrogen-bond donors (Lipinski definition) is 2. The van der Waals surface area contributed by atoms with Crippen LogP contribution >= 0.6 is 15.9 Å². The Morgan fingerprint density at radius 3 is 2.48 bits per heavy atom. The van der Waals surface area contributed by atoms with E-state index in [1.807, 2.05) is 4.90 Å². The van der Waals surface area contributed by atoms with Gasteiger partial charge in [0, 0.05) is 44.2 Å². The van der Waals surface area contributed by atoms with Crippen LogP contribution in [-0.4, -0.2) is 65.0 Å². The normalized spacial score (nSPS) is 15.0. The van der Waals surface area contributed by atoms with Gasteiger partial charge in [-0.3, -0.25) is 9.59 Å². The van der Waals surface area contributed by atoms with E-state index < -0.39 is 15.9 Å². The number of nitrogens with zero attached hydrogens (tertiary/aromatic N) is 1. The minimum atomic E-state index is -3.75. The van der Waals surface area contributed by atoms with Gasteiger partial charge >= 0.3 is 0 Å². The molecular formula is C19H28BrN3O5S. The fourth-order valence-electron chi connectivity index (χ4n) is 3.06. The number of methoxy groups -OCH3 is 1. The van der Waals surface area contributed by atoms with Gasteiger partial charge in [-0.05, 0) is 47.0 Å². The van der Waals surface area contributed by atoms with E-state index in [0.29, 0.717) is 4.47 Å². The zero-order valence-corrected chi connectivity index (χ0v) is 19.0. The molecule has 0 aromatic heterocycles. The van der Waals surface area contributed by atoms with Crippen LogP contribution in [0.3, 0.4) is 0 Å². The largest absolute Gasteiger partial charge is 0.383 e. The Balaban J connectivity index is 1.95. The third-order valence-corrected chi connectivity index (χ3v) is 6.82. The Bertz CT molecular complexity index is 808. The van der Waals surface area contributed by atoms with Gasteiger partial charge in [0.25, 0.3) is 5.91 Å². The quantitative estimate of drug-likeness (QED) is 0.515. The van der Waals surface area contributed by atoms with Gasteiger partial charge in [0.1, 0.15) is 0 Å². The van der Waals surface area contributed by atoms with Crippen molar-refractivity contribution < 1.29 is 22.7 Å². The summed E-state index contributed by atoms with van der Waals surface area (Å²) >= 11 is 3.28. The van der Waals surface area contributed by atoms with Crippen molar-refractivity contribution in [2.75, 3.05) is 39.9 Å². The van der Waals surface area contributed by atoms with Crippen LogP contribution < -0.4 is 10.0 Å². The van der Waals surface area contributed by atoms with E-state index in [1.165, 1.54) is 25.3 Å². The average molecular weight is 490 g/mol. The first-order valence-electron chi connectivity index (χ1n) is 9.69. The Kier molecular flexibility index (Phi) is 9.54. The molecule has 1 fully saturated rings. The molecule has 8 nitrogen and oxygen atoms in total. The predicted molar refractivity (Wildman–Crippen MR) is 113 cm³/mol. The van der Waals surface area contributed by atoms with Crippen molar-refractivity contribution in [3.05, 3.63) is 28.2 Å². The lowest BCUT2D eigenvalue weighted by Gasteiger charge is -2.20. The Labute approximate surface area is 180 Å². The summed E-state index contributed by atoms with van der Waals surface area (Å²) in [4.78, 5) is 26.7. The maximum Gasteiger partial charge on any atom is 0.252 e. The van der Waals surface area contributed by atoms with Crippen molar-refractivity contribution >= 4 is 37.8 Å². The van der Waals surface area contributed by atoms with Crippen molar-refractivity contribution in [1.29, 1.82) is 0 Å². The summed E-state index contributed by atoms with van der Waals surface area (Å²) in [6.07, 6.45) is 4.55. The molecule has 0 unspecified atom stereocenters. The van der Waals surface area contributed by atoms with Crippen molar-refractivity contribution in [3.8, 4) is 0 Å². The summed E-state index contributed by atoms with van der Waals surface area (Å²) in [5.41, 5.74) is 0.196. The van der Waals surface area contributed by atoms with Gasteiger partial charge in [0.15, 0.2) is 0 Å². The van der Waals surface area contributed by atoms with Gasteiger partial charge in [-0.25, -0.2) is 13.1 Å². The SMILES string of the molecule is COCCNS(=O)(=O)c1ccc(Br)c(C(=O)NCCC(=O)N2CCCCCC2)c1. The second kappa shape index (κ2) is 11.6. The molecule has 1 aliphatic rings. The van der Waals surface area contributed by atoms with Gasteiger partial charge in [-0.2, -0.15) is 0 Å². The van der Waals surface area contributed by atoms with Gasteiger partial charge in [0.2, 0.25) is 15.9 Å². The average Bonchev–Trinajstić information content (AvgIpc) is 2.97. The van der Waals surface area contributed by atoms with Crippen molar-refractivity contribution in [2.24, 2.45) is 0 Å². The number of amides is 2. The number of halogens is 1. The first kappa shape index (κ1) is 23.8. The summed E-state index contributed by atoms with van der Waals surface area (Å²) in [6, 6.07) is 4.24. The third-order valence-electron chi connectivity index (χ3n) is 4.67. The van der Waals surface area contributed by atoms with Crippen LogP contribution in [0.15, 0.2) is 27.6 Å². The highest BCUT2D eigenvalue weighted by molar-refractivity contribution is 9.10. The summed E-state index contributed by atoms with van der Waals surface area (Å²) in [5.74, 6) is -0.403. The highest BCUT2D eigenvalue weighted by Crippen LogP contribution is 2.21. The van der Waals surface area contributed by atoms with E-state index in [0.717, 1.165) is 38.8 Å². The molecule has 1 aromatic carbocycles. The Morgan fingerprint density at radius 2 is 1.83 bits per heavy atom. The number of carbonyl (C=O) groups is 2. The van der Waals surface area contributed by atoms with E-state index in [9.17, 15) is 18.0 Å². The highest BCUT2D eigenvalue weighted by Gasteiger charge is 2.19. The maximum absolute atomic E-state index is 12.5.